The van der Waals surface area contributed by atoms with Crippen LogP contribution < -0.4 is 4.74 Å². The highest BCUT2D eigenvalue weighted by Crippen LogP contribution is 2.53. The van der Waals surface area contributed by atoms with Crippen molar-refractivity contribution in [3.05, 3.63) is 29.3 Å². The molecule has 2 nitrogen and oxygen atoms in total. The predicted octanol–water partition coefficient (Wildman–Crippen LogP) is 2.85. The molecule has 2 aliphatic rings. The third kappa shape index (κ3) is 1.36. The van der Waals surface area contributed by atoms with E-state index in [0.717, 1.165) is 24.2 Å². The molecule has 1 aromatic rings. The van der Waals surface area contributed by atoms with Crippen LogP contribution in [0.25, 0.3) is 0 Å². The van der Waals surface area contributed by atoms with Crippen molar-refractivity contribution in [3.63, 3.8) is 0 Å². The van der Waals surface area contributed by atoms with Crippen LogP contribution in [0.15, 0.2) is 18.2 Å². The second kappa shape index (κ2) is 3.09. The standard InChI is InChI=1S/C14H16O2/c1-14(2)8-11(14)12(15)10-5-3-4-9-6-7-16-13(9)10/h3-5,11H,6-8H2,1-2H3. The normalized spacial score (nSPS) is 24.8. The summed E-state index contributed by atoms with van der Waals surface area (Å²) in [6, 6.07) is 5.92. The minimum absolute atomic E-state index is 0.193. The topological polar surface area (TPSA) is 26.3 Å². The number of hydrogen-bond acceptors (Lipinski definition) is 2. The van der Waals surface area contributed by atoms with Gasteiger partial charge in [-0.15, -0.1) is 0 Å². The molecule has 2 heteroatoms. The molecule has 0 aromatic heterocycles. The van der Waals surface area contributed by atoms with Crippen molar-refractivity contribution in [3.8, 4) is 5.75 Å². The smallest absolute Gasteiger partial charge is 0.170 e. The number of Topliss-reactive ketones (excluding diaryl/α,β-unsaturated/α-hetero) is 1. The number of carbonyl (C=O) groups is 1. The van der Waals surface area contributed by atoms with Crippen LogP contribution in [0.1, 0.15) is 36.2 Å². The lowest BCUT2D eigenvalue weighted by Crippen LogP contribution is -2.08. The van der Waals surface area contributed by atoms with Gasteiger partial charge in [0.1, 0.15) is 5.75 Å². The van der Waals surface area contributed by atoms with Crippen molar-refractivity contribution >= 4 is 5.78 Å². The highest BCUT2D eigenvalue weighted by molar-refractivity contribution is 6.02. The largest absolute Gasteiger partial charge is 0.492 e. The van der Waals surface area contributed by atoms with Crippen LogP contribution in [-0.4, -0.2) is 12.4 Å². The average molecular weight is 216 g/mol. The Morgan fingerprint density at radius 1 is 1.44 bits per heavy atom. The van der Waals surface area contributed by atoms with Crippen LogP contribution in [0.2, 0.25) is 0 Å². The van der Waals surface area contributed by atoms with Crippen molar-refractivity contribution in [2.45, 2.75) is 26.7 Å². The minimum Gasteiger partial charge on any atom is -0.492 e. The zero-order chi connectivity index (χ0) is 11.3. The number of carbonyl (C=O) groups excluding carboxylic acids is 1. The first-order chi connectivity index (χ1) is 7.59. The van der Waals surface area contributed by atoms with Gasteiger partial charge >= 0.3 is 0 Å². The van der Waals surface area contributed by atoms with Gasteiger partial charge in [-0.05, 0) is 23.5 Å². The Balaban J connectivity index is 1.96. The highest BCUT2D eigenvalue weighted by atomic mass is 16.5. The SMILES string of the molecule is CC1(C)CC1C(=O)c1cccc2c1OCC2. The molecule has 1 saturated carbocycles. The summed E-state index contributed by atoms with van der Waals surface area (Å²) in [5.41, 5.74) is 2.17. The zero-order valence-corrected chi connectivity index (χ0v) is 9.75. The van der Waals surface area contributed by atoms with E-state index >= 15 is 0 Å². The van der Waals surface area contributed by atoms with Gasteiger partial charge in [0.25, 0.3) is 0 Å². The fraction of sp³-hybridized carbons (Fsp3) is 0.500. The van der Waals surface area contributed by atoms with E-state index in [1.807, 2.05) is 12.1 Å². The van der Waals surface area contributed by atoms with Crippen molar-refractivity contribution in [2.24, 2.45) is 11.3 Å². The van der Waals surface area contributed by atoms with Gasteiger partial charge < -0.3 is 4.74 Å². The molecule has 0 radical (unpaired) electrons. The Morgan fingerprint density at radius 3 is 2.88 bits per heavy atom. The second-order valence-electron chi connectivity index (χ2n) is 5.50. The van der Waals surface area contributed by atoms with Crippen LogP contribution in [0.4, 0.5) is 0 Å². The van der Waals surface area contributed by atoms with Crippen LogP contribution in [-0.2, 0) is 6.42 Å². The van der Waals surface area contributed by atoms with Crippen LogP contribution >= 0.6 is 0 Å². The lowest BCUT2D eigenvalue weighted by atomic mass is 9.98. The average Bonchev–Trinajstić information content (AvgIpc) is 2.71. The number of ketones is 1. The maximum Gasteiger partial charge on any atom is 0.170 e. The molecule has 1 heterocycles. The van der Waals surface area contributed by atoms with Gasteiger partial charge in [-0.25, -0.2) is 0 Å². The molecule has 1 aliphatic carbocycles. The predicted molar refractivity (Wildman–Crippen MR) is 61.9 cm³/mol. The van der Waals surface area contributed by atoms with Crippen molar-refractivity contribution < 1.29 is 9.53 Å². The first-order valence-electron chi connectivity index (χ1n) is 5.88. The number of hydrogen-bond donors (Lipinski definition) is 0. The summed E-state index contributed by atoms with van der Waals surface area (Å²) in [6.45, 7) is 5.02. The summed E-state index contributed by atoms with van der Waals surface area (Å²) in [7, 11) is 0. The first kappa shape index (κ1) is 9.88. The second-order valence-corrected chi connectivity index (χ2v) is 5.50. The molecule has 0 saturated heterocycles. The number of para-hydroxylation sites is 1. The lowest BCUT2D eigenvalue weighted by molar-refractivity contribution is 0.0950. The van der Waals surface area contributed by atoms with Gasteiger partial charge in [0.05, 0.1) is 12.2 Å². The van der Waals surface area contributed by atoms with E-state index in [1.165, 1.54) is 5.56 Å². The summed E-state index contributed by atoms with van der Waals surface area (Å²) >= 11 is 0. The summed E-state index contributed by atoms with van der Waals surface area (Å²) in [5, 5.41) is 0. The molecule has 1 aliphatic heterocycles. The van der Waals surface area contributed by atoms with Crippen LogP contribution in [0, 0.1) is 11.3 Å². The Morgan fingerprint density at radius 2 is 2.19 bits per heavy atom. The monoisotopic (exact) mass is 216 g/mol. The molecular formula is C14H16O2. The molecule has 1 unspecified atom stereocenters. The van der Waals surface area contributed by atoms with Gasteiger partial charge in [-0.2, -0.15) is 0 Å². The van der Waals surface area contributed by atoms with Crippen molar-refractivity contribution in [2.75, 3.05) is 6.61 Å². The minimum atomic E-state index is 0.193. The van der Waals surface area contributed by atoms with Gasteiger partial charge in [-0.3, -0.25) is 4.79 Å². The van der Waals surface area contributed by atoms with E-state index in [0.29, 0.717) is 6.61 Å². The molecule has 1 aromatic carbocycles. The molecule has 0 amide bonds. The maximum absolute atomic E-state index is 12.3. The Bertz CT molecular complexity index is 460. The fourth-order valence-electron chi connectivity index (χ4n) is 2.51. The Kier molecular flexibility index (Phi) is 1.91. The van der Waals surface area contributed by atoms with Gasteiger partial charge in [0.2, 0.25) is 0 Å². The highest BCUT2D eigenvalue weighted by Gasteiger charge is 2.51. The molecule has 0 spiro atoms. The quantitative estimate of drug-likeness (QED) is 0.710. The number of ether oxygens (including phenoxy) is 1. The van der Waals surface area contributed by atoms with Crippen LogP contribution in [0.5, 0.6) is 5.75 Å². The third-order valence-electron chi connectivity index (χ3n) is 3.81. The zero-order valence-electron chi connectivity index (χ0n) is 9.75. The number of fused-ring (bicyclic) bond motifs is 1. The van der Waals surface area contributed by atoms with Crippen LogP contribution in [0.3, 0.4) is 0 Å². The van der Waals surface area contributed by atoms with E-state index in [1.54, 1.807) is 0 Å². The van der Waals surface area contributed by atoms with Gasteiger partial charge in [0.15, 0.2) is 5.78 Å². The molecule has 1 atom stereocenters. The molecule has 16 heavy (non-hydrogen) atoms. The molecule has 0 N–H and O–H groups in total. The lowest BCUT2D eigenvalue weighted by Gasteiger charge is -2.07. The van der Waals surface area contributed by atoms with E-state index < -0.39 is 0 Å². The summed E-state index contributed by atoms with van der Waals surface area (Å²) in [5.74, 6) is 1.31. The maximum atomic E-state index is 12.3. The summed E-state index contributed by atoms with van der Waals surface area (Å²) < 4.78 is 5.58. The third-order valence-corrected chi connectivity index (χ3v) is 3.81. The molecular weight excluding hydrogens is 200 g/mol. The summed E-state index contributed by atoms with van der Waals surface area (Å²) in [6.07, 6.45) is 1.94. The summed E-state index contributed by atoms with van der Waals surface area (Å²) in [4.78, 5) is 12.3. The van der Waals surface area contributed by atoms with Crippen molar-refractivity contribution in [1.29, 1.82) is 0 Å². The molecule has 0 bridgehead atoms. The number of benzene rings is 1. The molecule has 1 fully saturated rings. The van der Waals surface area contributed by atoms with Gasteiger partial charge in [-0.1, -0.05) is 26.0 Å². The van der Waals surface area contributed by atoms with E-state index in [9.17, 15) is 4.79 Å². The molecule has 84 valence electrons. The number of rotatable bonds is 2. The van der Waals surface area contributed by atoms with E-state index in [-0.39, 0.29) is 17.1 Å². The van der Waals surface area contributed by atoms with E-state index in [2.05, 4.69) is 19.9 Å². The van der Waals surface area contributed by atoms with Crippen molar-refractivity contribution in [1.82, 2.24) is 0 Å². The first-order valence-corrected chi connectivity index (χ1v) is 5.88. The van der Waals surface area contributed by atoms with Gasteiger partial charge in [0, 0.05) is 12.3 Å². The van der Waals surface area contributed by atoms with E-state index in [4.69, 9.17) is 4.74 Å². The molecule has 3 rings (SSSR count). The Hall–Kier alpha value is -1.31. The fourth-order valence-corrected chi connectivity index (χ4v) is 2.51. The Labute approximate surface area is 95.6 Å².